The molecule has 0 aliphatic heterocycles. The lowest BCUT2D eigenvalue weighted by Crippen LogP contribution is -2.26. The van der Waals surface area contributed by atoms with E-state index in [9.17, 15) is 15.0 Å². The van der Waals surface area contributed by atoms with E-state index in [0.29, 0.717) is 5.75 Å². The Hall–Kier alpha value is -3.15. The van der Waals surface area contributed by atoms with Crippen LogP contribution >= 0.6 is 0 Å². The van der Waals surface area contributed by atoms with Crippen LogP contribution in [0.4, 0.5) is 0 Å². The molecular formula is C33H42O5. The summed E-state index contributed by atoms with van der Waals surface area (Å²) in [4.78, 5) is 10.7. The summed E-state index contributed by atoms with van der Waals surface area (Å²) in [5, 5.41) is 29.3. The van der Waals surface area contributed by atoms with Crippen LogP contribution in [-0.2, 0) is 15.8 Å². The Balaban J connectivity index is 1.90. The Bertz CT molecular complexity index is 1250. The minimum absolute atomic E-state index is 0.0650. The Morgan fingerprint density at radius 3 is 2.08 bits per heavy atom. The van der Waals surface area contributed by atoms with Crippen molar-refractivity contribution >= 4 is 5.97 Å². The standard InChI is InChI=1S/C33H42O5/c1-7-33(8-2,27-13-16-30(23(4)19-27)38-21-28(34)14-17-31(35)36)26-12-15-29(22(3)18-26)24-10-9-11-25(20-24)32(5,6)37/h9-13,15-16,18-20,28,34,37H,7-8,14,17,21H2,1-6H3,(H,35,36)/t28-/m1/s1. The Kier molecular flexibility index (Phi) is 9.40. The van der Waals surface area contributed by atoms with Crippen molar-refractivity contribution in [2.45, 2.75) is 84.3 Å². The maximum atomic E-state index is 10.7. The van der Waals surface area contributed by atoms with Gasteiger partial charge < -0.3 is 20.1 Å². The van der Waals surface area contributed by atoms with Crippen molar-refractivity contribution in [3.63, 3.8) is 0 Å². The van der Waals surface area contributed by atoms with Crippen LogP contribution in [0.2, 0.25) is 0 Å². The second-order valence-corrected chi connectivity index (χ2v) is 10.8. The lowest BCUT2D eigenvalue weighted by molar-refractivity contribution is -0.137. The van der Waals surface area contributed by atoms with Crippen LogP contribution in [0.3, 0.4) is 0 Å². The fourth-order valence-corrected chi connectivity index (χ4v) is 5.25. The van der Waals surface area contributed by atoms with Crippen LogP contribution in [-0.4, -0.2) is 34.0 Å². The van der Waals surface area contributed by atoms with Crippen molar-refractivity contribution in [3.8, 4) is 16.9 Å². The van der Waals surface area contributed by atoms with Gasteiger partial charge in [0.2, 0.25) is 0 Å². The number of carbonyl (C=O) groups is 1. The molecule has 0 heterocycles. The molecule has 5 heteroatoms. The van der Waals surface area contributed by atoms with E-state index < -0.39 is 17.7 Å². The van der Waals surface area contributed by atoms with Gasteiger partial charge in [-0.2, -0.15) is 0 Å². The number of aryl methyl sites for hydroxylation is 2. The van der Waals surface area contributed by atoms with Crippen molar-refractivity contribution in [3.05, 3.63) is 88.5 Å². The van der Waals surface area contributed by atoms with Gasteiger partial charge in [0.25, 0.3) is 0 Å². The predicted molar refractivity (Wildman–Crippen MR) is 153 cm³/mol. The van der Waals surface area contributed by atoms with Gasteiger partial charge in [0.1, 0.15) is 12.4 Å². The molecule has 0 aliphatic carbocycles. The van der Waals surface area contributed by atoms with Gasteiger partial charge in [0.15, 0.2) is 0 Å². The molecule has 1 atom stereocenters. The number of aliphatic hydroxyl groups excluding tert-OH is 1. The molecule has 0 amide bonds. The summed E-state index contributed by atoms with van der Waals surface area (Å²) in [6, 6.07) is 21.0. The highest BCUT2D eigenvalue weighted by molar-refractivity contribution is 5.69. The average Bonchev–Trinajstić information content (AvgIpc) is 2.87. The van der Waals surface area contributed by atoms with Gasteiger partial charge in [-0.15, -0.1) is 0 Å². The van der Waals surface area contributed by atoms with Gasteiger partial charge in [0.05, 0.1) is 11.7 Å². The minimum atomic E-state index is -0.925. The fraction of sp³-hybridized carbons (Fsp3) is 0.424. The van der Waals surface area contributed by atoms with Crippen LogP contribution in [0.5, 0.6) is 5.75 Å². The van der Waals surface area contributed by atoms with E-state index in [1.54, 1.807) is 13.8 Å². The summed E-state index contributed by atoms with van der Waals surface area (Å²) >= 11 is 0. The van der Waals surface area contributed by atoms with Gasteiger partial charge in [-0.25, -0.2) is 0 Å². The van der Waals surface area contributed by atoms with Gasteiger partial charge in [-0.3, -0.25) is 4.79 Å². The molecule has 0 saturated carbocycles. The van der Waals surface area contributed by atoms with E-state index in [2.05, 4.69) is 63.2 Å². The zero-order valence-corrected chi connectivity index (χ0v) is 23.5. The Morgan fingerprint density at radius 2 is 1.53 bits per heavy atom. The van der Waals surface area contributed by atoms with Crippen LogP contribution in [0.1, 0.15) is 81.2 Å². The monoisotopic (exact) mass is 518 g/mol. The number of ether oxygens (including phenoxy) is 1. The van der Waals surface area contributed by atoms with Gasteiger partial charge in [-0.05, 0) is 98.0 Å². The molecule has 38 heavy (non-hydrogen) atoms. The number of hydrogen-bond acceptors (Lipinski definition) is 4. The molecule has 3 rings (SSSR count). The number of hydrogen-bond donors (Lipinski definition) is 3. The molecule has 3 N–H and O–H groups in total. The first-order valence-electron chi connectivity index (χ1n) is 13.5. The lowest BCUT2D eigenvalue weighted by Gasteiger charge is -2.34. The third kappa shape index (κ3) is 6.64. The van der Waals surface area contributed by atoms with Gasteiger partial charge >= 0.3 is 5.97 Å². The first-order chi connectivity index (χ1) is 17.9. The topological polar surface area (TPSA) is 87.0 Å². The van der Waals surface area contributed by atoms with Crippen LogP contribution in [0.15, 0.2) is 60.7 Å². The molecular weight excluding hydrogens is 476 g/mol. The number of rotatable bonds is 12. The summed E-state index contributed by atoms with van der Waals surface area (Å²) in [7, 11) is 0. The third-order valence-corrected chi connectivity index (χ3v) is 7.72. The zero-order valence-electron chi connectivity index (χ0n) is 23.5. The number of aliphatic carboxylic acids is 1. The number of benzene rings is 3. The molecule has 0 fully saturated rings. The van der Waals surface area contributed by atoms with E-state index in [4.69, 9.17) is 9.84 Å². The van der Waals surface area contributed by atoms with Crippen molar-refractivity contribution in [1.29, 1.82) is 0 Å². The van der Waals surface area contributed by atoms with E-state index >= 15 is 0 Å². The van der Waals surface area contributed by atoms with Gasteiger partial charge in [0, 0.05) is 11.8 Å². The highest BCUT2D eigenvalue weighted by Gasteiger charge is 2.31. The van der Waals surface area contributed by atoms with Crippen LogP contribution < -0.4 is 4.74 Å². The summed E-state index contributed by atoms with van der Waals surface area (Å²) in [6.07, 6.45) is 1.13. The Morgan fingerprint density at radius 1 is 0.895 bits per heavy atom. The van der Waals surface area contributed by atoms with Crippen LogP contribution in [0.25, 0.3) is 11.1 Å². The van der Waals surface area contributed by atoms with Gasteiger partial charge in [-0.1, -0.05) is 62.4 Å². The zero-order chi connectivity index (χ0) is 28.1. The first-order valence-corrected chi connectivity index (χ1v) is 13.5. The molecule has 3 aromatic rings. The summed E-state index contributed by atoms with van der Waals surface area (Å²) in [5.74, 6) is -0.228. The molecule has 0 saturated heterocycles. The normalized spacial score (nSPS) is 12.8. The highest BCUT2D eigenvalue weighted by atomic mass is 16.5. The number of carboxylic acids is 1. The maximum absolute atomic E-state index is 10.7. The average molecular weight is 519 g/mol. The summed E-state index contributed by atoms with van der Waals surface area (Å²) < 4.78 is 5.83. The fourth-order valence-electron chi connectivity index (χ4n) is 5.25. The SMILES string of the molecule is CCC(CC)(c1ccc(OC[C@H](O)CCC(=O)O)c(C)c1)c1ccc(-c2cccc(C(C)(C)O)c2)c(C)c1. The summed E-state index contributed by atoms with van der Waals surface area (Å²) in [5.41, 5.74) is 6.73. The molecule has 0 spiro atoms. The third-order valence-electron chi connectivity index (χ3n) is 7.72. The predicted octanol–water partition coefficient (Wildman–Crippen LogP) is 6.91. The first kappa shape index (κ1) is 29.4. The minimum Gasteiger partial charge on any atom is -0.491 e. The highest BCUT2D eigenvalue weighted by Crippen LogP contribution is 2.42. The lowest BCUT2D eigenvalue weighted by atomic mass is 9.69. The molecule has 0 radical (unpaired) electrons. The van der Waals surface area contributed by atoms with E-state index in [-0.39, 0.29) is 24.9 Å². The molecule has 0 unspecified atom stereocenters. The number of carboxylic acid groups (broad SMARTS) is 1. The largest absolute Gasteiger partial charge is 0.491 e. The molecule has 3 aromatic carbocycles. The van der Waals surface area contributed by atoms with Crippen molar-refractivity contribution < 1.29 is 24.9 Å². The van der Waals surface area contributed by atoms with E-state index in [1.807, 2.05) is 25.1 Å². The van der Waals surface area contributed by atoms with E-state index in [1.165, 1.54) is 16.7 Å². The second-order valence-electron chi connectivity index (χ2n) is 10.8. The maximum Gasteiger partial charge on any atom is 0.303 e. The van der Waals surface area contributed by atoms with Crippen LogP contribution in [0, 0.1) is 13.8 Å². The Labute approximate surface area is 227 Å². The molecule has 5 nitrogen and oxygen atoms in total. The molecule has 0 bridgehead atoms. The van der Waals surface area contributed by atoms with Crippen molar-refractivity contribution in [1.82, 2.24) is 0 Å². The smallest absolute Gasteiger partial charge is 0.303 e. The molecule has 204 valence electrons. The second kappa shape index (κ2) is 12.1. The quantitative estimate of drug-likeness (QED) is 0.243. The van der Waals surface area contributed by atoms with Crippen molar-refractivity contribution in [2.75, 3.05) is 6.61 Å². The van der Waals surface area contributed by atoms with Crippen molar-refractivity contribution in [2.24, 2.45) is 0 Å². The molecule has 0 aromatic heterocycles. The number of aliphatic hydroxyl groups is 2. The summed E-state index contributed by atoms with van der Waals surface area (Å²) in [6.45, 7) is 12.3. The van der Waals surface area contributed by atoms with E-state index in [0.717, 1.165) is 35.1 Å². The molecule has 0 aliphatic rings.